The highest BCUT2D eigenvalue weighted by Crippen LogP contribution is 2.07. The van der Waals surface area contributed by atoms with Crippen molar-refractivity contribution in [3.63, 3.8) is 0 Å². The van der Waals surface area contributed by atoms with Crippen LogP contribution in [-0.4, -0.2) is 81.8 Å². The number of ether oxygens (including phenoxy) is 3. The number of ketones is 1. The van der Waals surface area contributed by atoms with Crippen LogP contribution >= 0.6 is 0 Å². The van der Waals surface area contributed by atoms with E-state index in [4.69, 9.17) is 14.2 Å². The Hall–Kier alpha value is -1.51. The third-order valence-corrected chi connectivity index (χ3v) is 4.23. The molecular formula is C20H38N2O6. The zero-order valence-corrected chi connectivity index (χ0v) is 18.3. The second-order valence-corrected chi connectivity index (χ2v) is 7.27. The predicted molar refractivity (Wildman–Crippen MR) is 107 cm³/mol. The molecular weight excluding hydrogens is 364 g/mol. The van der Waals surface area contributed by atoms with Crippen molar-refractivity contribution in [2.24, 2.45) is 11.8 Å². The van der Waals surface area contributed by atoms with Gasteiger partial charge >= 0.3 is 0 Å². The van der Waals surface area contributed by atoms with Gasteiger partial charge in [-0.15, -0.1) is 0 Å². The van der Waals surface area contributed by atoms with Gasteiger partial charge in [-0.3, -0.25) is 14.4 Å². The third kappa shape index (κ3) is 12.0. The quantitative estimate of drug-likeness (QED) is 0.391. The van der Waals surface area contributed by atoms with Crippen molar-refractivity contribution in [1.29, 1.82) is 0 Å². The van der Waals surface area contributed by atoms with Gasteiger partial charge in [-0.1, -0.05) is 27.7 Å². The number of likely N-dealkylation sites (N-methyl/N-ethyl adjacent to an activating group) is 1. The molecule has 0 bridgehead atoms. The molecule has 0 radical (unpaired) electrons. The molecule has 1 N–H and O–H groups in total. The number of hydrogen-bond donors (Lipinski definition) is 1. The Balaban J connectivity index is 3.56. The highest BCUT2D eigenvalue weighted by atomic mass is 16.5. The molecule has 8 nitrogen and oxygen atoms in total. The van der Waals surface area contributed by atoms with Crippen molar-refractivity contribution in [3.8, 4) is 0 Å². The highest BCUT2D eigenvalue weighted by molar-refractivity contribution is 5.89. The first-order valence-electron chi connectivity index (χ1n) is 9.98. The number of nitrogens with one attached hydrogen (secondary N) is 1. The number of nitrogens with zero attached hydrogens (tertiary/aromatic N) is 1. The maximum atomic E-state index is 12.1. The molecule has 0 unspecified atom stereocenters. The normalized spacial score (nSPS) is 12.3. The molecule has 0 aliphatic rings. The van der Waals surface area contributed by atoms with Crippen molar-refractivity contribution < 1.29 is 28.6 Å². The van der Waals surface area contributed by atoms with E-state index < -0.39 is 6.04 Å². The Morgan fingerprint density at radius 3 is 1.79 bits per heavy atom. The van der Waals surface area contributed by atoms with E-state index in [1.165, 1.54) is 4.90 Å². The summed E-state index contributed by atoms with van der Waals surface area (Å²) in [6, 6.07) is -0.422. The molecule has 1 atom stereocenters. The maximum Gasteiger partial charge on any atom is 0.225 e. The molecule has 2 amide bonds. The number of carbonyl (C=O) groups is 3. The number of hydrogen-bond acceptors (Lipinski definition) is 6. The summed E-state index contributed by atoms with van der Waals surface area (Å²) in [5.74, 6) is -0.163. The lowest BCUT2D eigenvalue weighted by Crippen LogP contribution is -2.42. The van der Waals surface area contributed by atoms with Crippen LogP contribution < -0.4 is 5.32 Å². The summed E-state index contributed by atoms with van der Waals surface area (Å²) in [7, 11) is 1.64. The van der Waals surface area contributed by atoms with Crippen LogP contribution in [0.25, 0.3) is 0 Å². The van der Waals surface area contributed by atoms with Crippen molar-refractivity contribution in [1.82, 2.24) is 10.2 Å². The fourth-order valence-electron chi connectivity index (χ4n) is 2.22. The van der Waals surface area contributed by atoms with Crippen LogP contribution in [0, 0.1) is 11.8 Å². The zero-order chi connectivity index (χ0) is 21.5. The van der Waals surface area contributed by atoms with Crippen molar-refractivity contribution in [2.75, 3.05) is 53.2 Å². The second kappa shape index (κ2) is 15.4. The zero-order valence-electron chi connectivity index (χ0n) is 18.3. The minimum atomic E-state index is -0.422. The van der Waals surface area contributed by atoms with Gasteiger partial charge in [0.15, 0.2) is 5.78 Å². The Labute approximate surface area is 169 Å². The first-order chi connectivity index (χ1) is 13.2. The topological polar surface area (TPSA) is 94.2 Å². The van der Waals surface area contributed by atoms with Gasteiger partial charge in [-0.25, -0.2) is 0 Å². The van der Waals surface area contributed by atoms with E-state index in [1.54, 1.807) is 14.0 Å². The SMILES string of the molecule is CC(C)C(=O)NCCOCCOCCOCCC(=O)N(C)[C@H](C)C(=O)C(C)C. The third-order valence-electron chi connectivity index (χ3n) is 4.23. The summed E-state index contributed by atoms with van der Waals surface area (Å²) in [5, 5.41) is 2.77. The van der Waals surface area contributed by atoms with E-state index in [9.17, 15) is 14.4 Å². The van der Waals surface area contributed by atoms with Gasteiger partial charge in [-0.2, -0.15) is 0 Å². The van der Waals surface area contributed by atoms with Crippen LogP contribution in [0.5, 0.6) is 0 Å². The van der Waals surface area contributed by atoms with Gasteiger partial charge in [0, 0.05) is 25.4 Å². The molecule has 164 valence electrons. The number of amides is 2. The highest BCUT2D eigenvalue weighted by Gasteiger charge is 2.23. The largest absolute Gasteiger partial charge is 0.379 e. The first-order valence-corrected chi connectivity index (χ1v) is 9.98. The smallest absolute Gasteiger partial charge is 0.225 e. The monoisotopic (exact) mass is 402 g/mol. The number of rotatable bonds is 16. The molecule has 0 rings (SSSR count). The molecule has 0 aliphatic heterocycles. The lowest BCUT2D eigenvalue weighted by Gasteiger charge is -2.25. The summed E-state index contributed by atoms with van der Waals surface area (Å²) >= 11 is 0. The summed E-state index contributed by atoms with van der Waals surface area (Å²) in [6.45, 7) is 12.0. The number of carbonyl (C=O) groups excluding carboxylic acids is 3. The van der Waals surface area contributed by atoms with Gasteiger partial charge in [0.2, 0.25) is 11.8 Å². The summed E-state index contributed by atoms with van der Waals surface area (Å²) in [6.07, 6.45) is 0.234. The van der Waals surface area contributed by atoms with Gasteiger partial charge < -0.3 is 24.4 Å². The molecule has 0 aromatic rings. The Kier molecular flexibility index (Phi) is 14.6. The van der Waals surface area contributed by atoms with E-state index in [2.05, 4.69) is 5.32 Å². The van der Waals surface area contributed by atoms with E-state index in [-0.39, 0.29) is 35.9 Å². The van der Waals surface area contributed by atoms with Gasteiger partial charge in [-0.05, 0) is 6.92 Å². The number of Topliss-reactive ketones (excluding diaryl/α,β-unsaturated/α-hetero) is 1. The molecule has 0 fully saturated rings. The lowest BCUT2D eigenvalue weighted by atomic mass is 10.0. The van der Waals surface area contributed by atoms with Gasteiger partial charge in [0.25, 0.3) is 0 Å². The van der Waals surface area contributed by atoms with Crippen LogP contribution in [0.3, 0.4) is 0 Å². The second-order valence-electron chi connectivity index (χ2n) is 7.27. The maximum absolute atomic E-state index is 12.1. The van der Waals surface area contributed by atoms with Crippen LogP contribution in [0.15, 0.2) is 0 Å². The van der Waals surface area contributed by atoms with Crippen LogP contribution in [0.2, 0.25) is 0 Å². The average molecular weight is 403 g/mol. The van der Waals surface area contributed by atoms with E-state index in [1.807, 2.05) is 27.7 Å². The van der Waals surface area contributed by atoms with Crippen molar-refractivity contribution in [2.45, 2.75) is 47.1 Å². The minimum absolute atomic E-state index is 0.0163. The molecule has 0 aliphatic carbocycles. The van der Waals surface area contributed by atoms with Gasteiger partial charge in [0.1, 0.15) is 0 Å². The molecule has 0 saturated heterocycles. The Morgan fingerprint density at radius 1 is 0.786 bits per heavy atom. The van der Waals surface area contributed by atoms with Crippen molar-refractivity contribution in [3.05, 3.63) is 0 Å². The van der Waals surface area contributed by atoms with Crippen molar-refractivity contribution >= 4 is 17.6 Å². The standard InChI is InChI=1S/C20H38N2O6/c1-15(2)19(24)17(5)22(6)18(23)7-9-26-11-13-28-14-12-27-10-8-21-20(25)16(3)4/h15-17H,7-14H2,1-6H3,(H,21,25)/t17-/m1/s1. The van der Waals surface area contributed by atoms with Gasteiger partial charge in [0.05, 0.1) is 52.1 Å². The first kappa shape index (κ1) is 26.5. The van der Waals surface area contributed by atoms with Crippen LogP contribution in [0.1, 0.15) is 41.0 Å². The van der Waals surface area contributed by atoms with E-state index in [0.717, 1.165) is 0 Å². The summed E-state index contributed by atoms with van der Waals surface area (Å²) < 4.78 is 16.1. The van der Waals surface area contributed by atoms with E-state index >= 15 is 0 Å². The fourth-order valence-corrected chi connectivity index (χ4v) is 2.22. The van der Waals surface area contributed by atoms with Crippen LogP contribution in [0.4, 0.5) is 0 Å². The molecule has 0 spiro atoms. The van der Waals surface area contributed by atoms with Crippen LogP contribution in [-0.2, 0) is 28.6 Å². The molecule has 0 heterocycles. The molecule has 28 heavy (non-hydrogen) atoms. The van der Waals surface area contributed by atoms with E-state index in [0.29, 0.717) is 46.2 Å². The molecule has 8 heteroatoms. The Bertz CT molecular complexity index is 468. The molecule has 0 aromatic carbocycles. The average Bonchev–Trinajstić information content (AvgIpc) is 2.66. The summed E-state index contributed by atoms with van der Waals surface area (Å²) in [4.78, 5) is 36.8. The Morgan fingerprint density at radius 2 is 1.29 bits per heavy atom. The molecule has 0 saturated carbocycles. The minimum Gasteiger partial charge on any atom is -0.379 e. The summed E-state index contributed by atoms with van der Waals surface area (Å²) in [5.41, 5.74) is 0. The lowest BCUT2D eigenvalue weighted by molar-refractivity contribution is -0.139. The predicted octanol–water partition coefficient (Wildman–Crippen LogP) is 1.27. The fraction of sp³-hybridized carbons (Fsp3) is 0.850. The molecule has 0 aromatic heterocycles.